The molecule has 1 saturated heterocycles. The average Bonchev–Trinajstić information content (AvgIpc) is 3.21. The summed E-state index contributed by atoms with van der Waals surface area (Å²) in [5, 5.41) is 10.0. The minimum atomic E-state index is -0.308. The normalized spacial score (nSPS) is 35.6. The van der Waals surface area contributed by atoms with Crippen molar-refractivity contribution in [3.05, 3.63) is 69.6 Å². The van der Waals surface area contributed by atoms with Crippen LogP contribution in [0.1, 0.15) is 66.7 Å². The summed E-state index contributed by atoms with van der Waals surface area (Å²) in [6.45, 7) is 13.6. The maximum atomic E-state index is 10.0. The molecule has 5 heterocycles. The Kier molecular flexibility index (Phi) is 5.02. The lowest BCUT2D eigenvalue weighted by molar-refractivity contribution is -0.555. The highest BCUT2D eigenvalue weighted by molar-refractivity contribution is 6.05. The van der Waals surface area contributed by atoms with Crippen molar-refractivity contribution < 1.29 is 14.4 Å². The Morgan fingerprint density at radius 2 is 1.86 bits per heavy atom. The van der Waals surface area contributed by atoms with Crippen molar-refractivity contribution in [1.29, 1.82) is 0 Å². The number of ether oxygens (including phenoxy) is 1. The fourth-order valence-corrected chi connectivity index (χ4v) is 8.71. The van der Waals surface area contributed by atoms with Crippen molar-refractivity contribution in [3.8, 4) is 0 Å². The van der Waals surface area contributed by atoms with Crippen LogP contribution in [0, 0.1) is 10.8 Å². The Hall–Kier alpha value is -2.37. The van der Waals surface area contributed by atoms with E-state index in [1.54, 1.807) is 0 Å². The second-order valence-corrected chi connectivity index (χ2v) is 13.3. The molecular formula is C32H42N3O2+. The number of hydrogen-bond donors (Lipinski definition) is 2. The molecule has 5 unspecified atom stereocenters. The van der Waals surface area contributed by atoms with E-state index >= 15 is 0 Å². The summed E-state index contributed by atoms with van der Waals surface area (Å²) in [7, 11) is 0. The van der Waals surface area contributed by atoms with E-state index in [0.29, 0.717) is 12.1 Å². The molecule has 37 heavy (non-hydrogen) atoms. The lowest BCUT2D eigenvalue weighted by Gasteiger charge is -2.43. The van der Waals surface area contributed by atoms with Gasteiger partial charge in [0.05, 0.1) is 29.8 Å². The molecule has 3 N–H and O–H groups in total. The van der Waals surface area contributed by atoms with Crippen molar-refractivity contribution in [2.24, 2.45) is 16.6 Å². The summed E-state index contributed by atoms with van der Waals surface area (Å²) in [5.74, 6) is 0. The van der Waals surface area contributed by atoms with Gasteiger partial charge in [0.15, 0.2) is 11.8 Å². The zero-order valence-corrected chi connectivity index (χ0v) is 23.1. The number of nitrogens with zero attached hydrogens (tertiary/aromatic N) is 2. The Balaban J connectivity index is 1.35. The number of aliphatic hydroxyl groups is 1. The molecule has 5 nitrogen and oxygen atoms in total. The van der Waals surface area contributed by atoms with Crippen molar-refractivity contribution in [1.82, 2.24) is 4.90 Å². The van der Waals surface area contributed by atoms with Crippen molar-refractivity contribution in [2.75, 3.05) is 13.1 Å². The minimum absolute atomic E-state index is 0.0503. The van der Waals surface area contributed by atoms with Gasteiger partial charge in [0, 0.05) is 52.9 Å². The molecule has 5 atom stereocenters. The van der Waals surface area contributed by atoms with Gasteiger partial charge in [-0.3, -0.25) is 0 Å². The molecule has 0 aromatic rings. The molecule has 0 radical (unpaired) electrons. The van der Waals surface area contributed by atoms with Crippen LogP contribution in [0.4, 0.5) is 0 Å². The first kappa shape index (κ1) is 23.7. The van der Waals surface area contributed by atoms with Crippen LogP contribution in [-0.2, 0) is 4.74 Å². The zero-order valence-electron chi connectivity index (χ0n) is 23.1. The lowest BCUT2D eigenvalue weighted by Crippen LogP contribution is -2.47. The third-order valence-electron chi connectivity index (χ3n) is 10.2. The average molecular weight is 501 g/mol. The second kappa shape index (κ2) is 7.83. The molecule has 0 aromatic heterocycles. The van der Waals surface area contributed by atoms with E-state index in [1.165, 1.54) is 39.3 Å². The lowest BCUT2D eigenvalue weighted by atomic mass is 9.72. The van der Waals surface area contributed by atoms with Crippen molar-refractivity contribution >= 4 is 5.71 Å². The second-order valence-electron chi connectivity index (χ2n) is 13.3. The van der Waals surface area contributed by atoms with Crippen molar-refractivity contribution in [2.45, 2.75) is 97.1 Å². The summed E-state index contributed by atoms with van der Waals surface area (Å²) < 4.78 is 9.64. The van der Waals surface area contributed by atoms with Crippen LogP contribution in [0.2, 0.25) is 0 Å². The van der Waals surface area contributed by atoms with Gasteiger partial charge in [-0.05, 0) is 63.3 Å². The van der Waals surface area contributed by atoms with Gasteiger partial charge in [-0.25, -0.2) is 4.58 Å². The molecule has 5 heteroatoms. The summed E-state index contributed by atoms with van der Waals surface area (Å²) >= 11 is 0. The fraction of sp³-hybridized carbons (Fsp3) is 0.594. The fourth-order valence-electron chi connectivity index (χ4n) is 8.71. The molecule has 0 aromatic carbocycles. The Labute approximate surface area is 221 Å². The number of hydrogen-bond acceptors (Lipinski definition) is 4. The monoisotopic (exact) mass is 500 g/mol. The predicted molar refractivity (Wildman–Crippen MR) is 147 cm³/mol. The number of aliphatic hydroxyl groups excluding tert-OH is 1. The first-order chi connectivity index (χ1) is 17.6. The molecule has 5 aliphatic heterocycles. The van der Waals surface area contributed by atoms with Crippen LogP contribution in [0.25, 0.3) is 0 Å². The molecular weight excluding hydrogens is 458 g/mol. The Morgan fingerprint density at radius 1 is 1.05 bits per heavy atom. The highest BCUT2D eigenvalue weighted by Crippen LogP contribution is 2.56. The van der Waals surface area contributed by atoms with E-state index in [-0.39, 0.29) is 29.1 Å². The summed E-state index contributed by atoms with van der Waals surface area (Å²) in [6.07, 6.45) is 16.7. The van der Waals surface area contributed by atoms with E-state index in [1.807, 2.05) is 6.92 Å². The Morgan fingerprint density at radius 3 is 2.65 bits per heavy atom. The Bertz CT molecular complexity index is 1300. The van der Waals surface area contributed by atoms with Crippen molar-refractivity contribution in [3.63, 3.8) is 0 Å². The predicted octanol–water partition coefficient (Wildman–Crippen LogP) is 4.51. The van der Waals surface area contributed by atoms with E-state index in [9.17, 15) is 5.11 Å². The van der Waals surface area contributed by atoms with Gasteiger partial charge >= 0.3 is 0 Å². The van der Waals surface area contributed by atoms with Gasteiger partial charge in [-0.2, -0.15) is 0 Å². The summed E-state index contributed by atoms with van der Waals surface area (Å²) in [4.78, 5) is 2.69. The largest absolute Gasteiger partial charge is 0.399 e. The maximum Gasteiger partial charge on any atom is 0.192 e. The maximum absolute atomic E-state index is 10.0. The molecule has 7 aliphatic rings. The minimum Gasteiger partial charge on any atom is -0.399 e. The quantitative estimate of drug-likeness (QED) is 0.548. The topological polar surface area (TPSA) is 61.7 Å². The molecule has 7 rings (SSSR count). The standard InChI is InChI=1S/C32H42N3O2/c1-18(36)14-19-6-8-25-23(15-19)31(2,3)29-21-17-22-28(37-27(21)10-12-34(25)29)11-13-35-26-9-7-20(33)16-24(26)32(4,5)30(22)35/h6-7,15-18,25-28,36H,8-14,33H2,1-5H3/q+1. The van der Waals surface area contributed by atoms with Gasteiger partial charge in [0.2, 0.25) is 0 Å². The molecule has 2 aliphatic carbocycles. The van der Waals surface area contributed by atoms with Gasteiger partial charge in [0.25, 0.3) is 0 Å². The molecule has 0 amide bonds. The first-order valence-corrected chi connectivity index (χ1v) is 14.4. The van der Waals surface area contributed by atoms with E-state index in [2.05, 4.69) is 67.6 Å². The molecule has 0 saturated carbocycles. The van der Waals surface area contributed by atoms with E-state index < -0.39 is 0 Å². The third-order valence-corrected chi connectivity index (χ3v) is 10.2. The molecule has 1 fully saturated rings. The van der Waals surface area contributed by atoms with Gasteiger partial charge < -0.3 is 20.5 Å². The van der Waals surface area contributed by atoms with Crippen LogP contribution >= 0.6 is 0 Å². The number of fused-ring (bicyclic) bond motifs is 8. The van der Waals surface area contributed by atoms with Gasteiger partial charge in [-0.1, -0.05) is 32.1 Å². The summed E-state index contributed by atoms with van der Waals surface area (Å²) in [6, 6.07) is 0.847. The summed E-state index contributed by atoms with van der Waals surface area (Å²) in [5.41, 5.74) is 17.1. The SMILES string of the molecule is CC(O)CC1=CCC2C(=C1)C(C)(C)C1=C3C=C4C5=[N+](CCC4OC3CCN12)C1CC=C(N)C=C1C5(C)C. The van der Waals surface area contributed by atoms with Gasteiger partial charge in [-0.15, -0.1) is 0 Å². The highest BCUT2D eigenvalue weighted by atomic mass is 16.5. The van der Waals surface area contributed by atoms with Gasteiger partial charge in [0.1, 0.15) is 6.54 Å². The van der Waals surface area contributed by atoms with Crippen LogP contribution in [0.15, 0.2) is 69.6 Å². The molecule has 0 spiro atoms. The number of nitrogens with two attached hydrogens (primary N) is 1. The first-order valence-electron chi connectivity index (χ1n) is 14.4. The van der Waals surface area contributed by atoms with Crippen LogP contribution in [-0.4, -0.2) is 63.8 Å². The van der Waals surface area contributed by atoms with Crippen LogP contribution in [0.3, 0.4) is 0 Å². The van der Waals surface area contributed by atoms with E-state index in [0.717, 1.165) is 50.9 Å². The highest BCUT2D eigenvalue weighted by Gasteiger charge is 2.58. The molecule has 196 valence electrons. The van der Waals surface area contributed by atoms with Crippen LogP contribution in [0.5, 0.6) is 0 Å². The molecule has 0 bridgehead atoms. The third kappa shape index (κ3) is 3.26. The van der Waals surface area contributed by atoms with Crippen LogP contribution < -0.4 is 5.73 Å². The smallest absolute Gasteiger partial charge is 0.192 e. The van der Waals surface area contributed by atoms with E-state index in [4.69, 9.17) is 10.5 Å². The number of allylic oxidation sites excluding steroid dienone is 3. The number of rotatable bonds is 2. The zero-order chi connectivity index (χ0) is 25.9.